The van der Waals surface area contributed by atoms with Crippen LogP contribution in [0, 0.1) is 0 Å². The fraction of sp³-hybridized carbons (Fsp3) is 0.462. The first kappa shape index (κ1) is 24.3. The lowest BCUT2D eigenvalue weighted by atomic mass is 9.98. The highest BCUT2D eigenvalue weighted by Gasteiger charge is 2.35. The molecule has 0 amide bonds. The lowest BCUT2D eigenvalue weighted by Gasteiger charge is -2.30. The second kappa shape index (κ2) is 11.0. The Morgan fingerprint density at radius 1 is 1.15 bits per heavy atom. The van der Waals surface area contributed by atoms with E-state index in [4.69, 9.17) is 9.26 Å². The predicted molar refractivity (Wildman–Crippen MR) is 124 cm³/mol. The Labute approximate surface area is 197 Å². The second-order valence-electron chi connectivity index (χ2n) is 8.74. The molecule has 182 valence electrons. The first-order valence-corrected chi connectivity index (χ1v) is 11.9. The zero-order valence-electron chi connectivity index (χ0n) is 19.4. The van der Waals surface area contributed by atoms with Gasteiger partial charge in [0.15, 0.2) is 0 Å². The number of likely N-dealkylation sites (tertiary alicyclic amines) is 1. The van der Waals surface area contributed by atoms with Crippen molar-refractivity contribution in [2.45, 2.75) is 51.1 Å². The van der Waals surface area contributed by atoms with Crippen molar-refractivity contribution < 1.29 is 22.4 Å². The van der Waals surface area contributed by atoms with Crippen molar-refractivity contribution in [3.05, 3.63) is 65.5 Å². The molecule has 0 radical (unpaired) electrons. The first-order valence-electron chi connectivity index (χ1n) is 11.9. The summed E-state index contributed by atoms with van der Waals surface area (Å²) in [6, 6.07) is 13.7. The zero-order chi connectivity index (χ0) is 24.0. The van der Waals surface area contributed by atoms with Crippen molar-refractivity contribution in [1.29, 1.82) is 0 Å². The molecule has 1 atom stereocenters. The van der Waals surface area contributed by atoms with Crippen LogP contribution in [0.2, 0.25) is 0 Å². The molecule has 2 heterocycles. The molecule has 8 heteroatoms. The van der Waals surface area contributed by atoms with Crippen LogP contribution in [0.5, 0.6) is 5.75 Å². The van der Waals surface area contributed by atoms with Crippen LogP contribution in [0.15, 0.2) is 53.1 Å². The number of alkyl halides is 3. The summed E-state index contributed by atoms with van der Waals surface area (Å²) in [6.07, 6.45) is -0.150. The van der Waals surface area contributed by atoms with Crippen molar-refractivity contribution in [1.82, 2.24) is 15.0 Å². The number of nitrogens with zero attached hydrogens (tertiary/aromatic N) is 3. The van der Waals surface area contributed by atoms with Gasteiger partial charge in [-0.2, -0.15) is 18.2 Å². The van der Waals surface area contributed by atoms with E-state index >= 15 is 0 Å². The van der Waals surface area contributed by atoms with Crippen LogP contribution in [-0.4, -0.2) is 41.3 Å². The van der Waals surface area contributed by atoms with Crippen LogP contribution in [-0.2, 0) is 12.6 Å². The van der Waals surface area contributed by atoms with E-state index in [-0.39, 0.29) is 29.7 Å². The van der Waals surface area contributed by atoms with Crippen LogP contribution in [0.1, 0.15) is 55.5 Å². The first-order chi connectivity index (χ1) is 16.4. The SMILES string of the molecule is CCCN1CCC[C@@H](c2nc(-c3ccc(OCCCc4ccccc4)c(C(F)(F)F)c3)no2)C1. The zero-order valence-corrected chi connectivity index (χ0v) is 19.4. The Kier molecular flexibility index (Phi) is 7.88. The summed E-state index contributed by atoms with van der Waals surface area (Å²) in [4.78, 5) is 6.81. The second-order valence-corrected chi connectivity index (χ2v) is 8.74. The Morgan fingerprint density at radius 3 is 2.74 bits per heavy atom. The Balaban J connectivity index is 1.45. The van der Waals surface area contributed by atoms with Crippen LogP contribution < -0.4 is 4.74 Å². The number of hydrogen-bond acceptors (Lipinski definition) is 5. The minimum atomic E-state index is -4.55. The number of aryl methyl sites for hydroxylation is 1. The van der Waals surface area contributed by atoms with Gasteiger partial charge in [0.05, 0.1) is 18.1 Å². The fourth-order valence-electron chi connectivity index (χ4n) is 4.41. The summed E-state index contributed by atoms with van der Waals surface area (Å²) in [7, 11) is 0. The van der Waals surface area contributed by atoms with Crippen molar-refractivity contribution in [2.75, 3.05) is 26.2 Å². The number of piperidine rings is 1. The number of ether oxygens (including phenoxy) is 1. The van der Waals surface area contributed by atoms with E-state index in [1.54, 1.807) is 6.07 Å². The van der Waals surface area contributed by atoms with Crippen LogP contribution >= 0.6 is 0 Å². The van der Waals surface area contributed by atoms with Crippen molar-refractivity contribution >= 4 is 0 Å². The van der Waals surface area contributed by atoms with Gasteiger partial charge < -0.3 is 14.2 Å². The molecule has 0 aliphatic carbocycles. The van der Waals surface area contributed by atoms with Crippen molar-refractivity contribution in [3.8, 4) is 17.1 Å². The van der Waals surface area contributed by atoms with Gasteiger partial charge in [-0.3, -0.25) is 0 Å². The van der Waals surface area contributed by atoms with Gasteiger partial charge >= 0.3 is 6.18 Å². The third-order valence-electron chi connectivity index (χ3n) is 6.09. The topological polar surface area (TPSA) is 51.4 Å². The molecule has 1 saturated heterocycles. The molecule has 0 saturated carbocycles. The van der Waals surface area contributed by atoms with Gasteiger partial charge in [0.25, 0.3) is 0 Å². The molecule has 0 spiro atoms. The van der Waals surface area contributed by atoms with Crippen LogP contribution in [0.4, 0.5) is 13.2 Å². The highest BCUT2D eigenvalue weighted by molar-refractivity contribution is 5.59. The Bertz CT molecular complexity index is 1050. The van der Waals surface area contributed by atoms with E-state index in [0.29, 0.717) is 12.3 Å². The molecule has 0 bridgehead atoms. The average Bonchev–Trinajstić information content (AvgIpc) is 3.33. The maximum atomic E-state index is 13.8. The smallest absolute Gasteiger partial charge is 0.419 e. The molecule has 0 unspecified atom stereocenters. The van der Waals surface area contributed by atoms with Gasteiger partial charge in [0.1, 0.15) is 5.75 Å². The van der Waals surface area contributed by atoms with Crippen molar-refractivity contribution in [2.24, 2.45) is 0 Å². The van der Waals surface area contributed by atoms with E-state index in [0.717, 1.165) is 56.9 Å². The summed E-state index contributed by atoms with van der Waals surface area (Å²) in [5.74, 6) is 0.584. The number of aromatic nitrogens is 2. The summed E-state index contributed by atoms with van der Waals surface area (Å²) in [5.41, 5.74) is 0.559. The predicted octanol–water partition coefficient (Wildman–Crippen LogP) is 6.36. The molecule has 1 aromatic heterocycles. The molecule has 5 nitrogen and oxygen atoms in total. The monoisotopic (exact) mass is 473 g/mol. The summed E-state index contributed by atoms with van der Waals surface area (Å²) < 4.78 is 52.3. The third kappa shape index (κ3) is 6.17. The molecule has 34 heavy (non-hydrogen) atoms. The molecule has 4 rings (SSSR count). The molecule has 1 aliphatic heterocycles. The van der Waals surface area contributed by atoms with Gasteiger partial charge in [0, 0.05) is 12.1 Å². The Morgan fingerprint density at radius 2 is 1.97 bits per heavy atom. The maximum absolute atomic E-state index is 13.8. The largest absolute Gasteiger partial charge is 0.493 e. The minimum absolute atomic E-state index is 0.107. The molecule has 1 aliphatic rings. The van der Waals surface area contributed by atoms with Gasteiger partial charge in [-0.25, -0.2) is 0 Å². The summed E-state index contributed by atoms with van der Waals surface area (Å²) in [6.45, 7) is 5.23. The van der Waals surface area contributed by atoms with Gasteiger partial charge in [-0.15, -0.1) is 0 Å². The quantitative estimate of drug-likeness (QED) is 0.339. The fourth-order valence-corrected chi connectivity index (χ4v) is 4.41. The number of rotatable bonds is 9. The standard InChI is InChI=1S/C26H30F3N3O2/c1-2-14-32-15-6-11-21(18-32)25-30-24(31-34-25)20-12-13-23(22(17-20)26(27,28)29)33-16-7-10-19-8-4-3-5-9-19/h3-5,8-9,12-13,17,21H,2,6-7,10-11,14-16,18H2,1H3/t21-/m1/s1. The number of halogens is 3. The van der Waals surface area contributed by atoms with Crippen molar-refractivity contribution in [3.63, 3.8) is 0 Å². The molecule has 2 aromatic carbocycles. The number of hydrogen-bond donors (Lipinski definition) is 0. The van der Waals surface area contributed by atoms with E-state index in [1.165, 1.54) is 6.07 Å². The van der Waals surface area contributed by atoms with E-state index < -0.39 is 11.7 Å². The molecule has 1 fully saturated rings. The molecular formula is C26H30F3N3O2. The summed E-state index contributed by atoms with van der Waals surface area (Å²) >= 11 is 0. The van der Waals surface area contributed by atoms with Crippen LogP contribution in [0.3, 0.4) is 0 Å². The minimum Gasteiger partial charge on any atom is -0.493 e. The van der Waals surface area contributed by atoms with Gasteiger partial charge in [-0.05, 0) is 69.0 Å². The van der Waals surface area contributed by atoms with Gasteiger partial charge in [-0.1, -0.05) is 42.4 Å². The van der Waals surface area contributed by atoms with Crippen LogP contribution in [0.25, 0.3) is 11.4 Å². The lowest BCUT2D eigenvalue weighted by Crippen LogP contribution is -2.34. The molecular weight excluding hydrogens is 443 g/mol. The number of benzene rings is 2. The van der Waals surface area contributed by atoms with E-state index in [9.17, 15) is 13.2 Å². The van der Waals surface area contributed by atoms with Gasteiger partial charge in [0.2, 0.25) is 11.7 Å². The van der Waals surface area contributed by atoms with E-state index in [2.05, 4.69) is 22.0 Å². The van der Waals surface area contributed by atoms with E-state index in [1.807, 2.05) is 30.3 Å². The molecule has 3 aromatic rings. The Hall–Kier alpha value is -2.87. The normalized spacial score (nSPS) is 17.1. The summed E-state index contributed by atoms with van der Waals surface area (Å²) in [5, 5.41) is 3.98. The highest BCUT2D eigenvalue weighted by Crippen LogP contribution is 2.39. The third-order valence-corrected chi connectivity index (χ3v) is 6.09. The highest BCUT2D eigenvalue weighted by atomic mass is 19.4. The maximum Gasteiger partial charge on any atom is 0.419 e. The molecule has 0 N–H and O–H groups in total. The average molecular weight is 474 g/mol. The lowest BCUT2D eigenvalue weighted by molar-refractivity contribution is -0.138.